The average Bonchev–Trinajstić information content (AvgIpc) is 2.39. The number of rotatable bonds is 6. The van der Waals surface area contributed by atoms with Crippen LogP contribution in [0.5, 0.6) is 0 Å². The van der Waals surface area contributed by atoms with Crippen molar-refractivity contribution in [3.05, 3.63) is 34.9 Å². The number of hydrogen-bond acceptors (Lipinski definition) is 3. The van der Waals surface area contributed by atoms with Crippen molar-refractivity contribution in [3.8, 4) is 0 Å². The number of halogens is 1. The van der Waals surface area contributed by atoms with E-state index in [9.17, 15) is 14.7 Å². The summed E-state index contributed by atoms with van der Waals surface area (Å²) in [6, 6.07) is 6.14. The molecule has 116 valence electrons. The van der Waals surface area contributed by atoms with Crippen LogP contribution in [-0.2, 0) is 4.74 Å². The lowest BCUT2D eigenvalue weighted by Gasteiger charge is -2.33. The van der Waals surface area contributed by atoms with Gasteiger partial charge in [-0.3, -0.25) is 4.90 Å². The summed E-state index contributed by atoms with van der Waals surface area (Å²) in [5, 5.41) is 9.83. The number of benzene rings is 1. The summed E-state index contributed by atoms with van der Waals surface area (Å²) in [7, 11) is 0. The van der Waals surface area contributed by atoms with E-state index in [0.29, 0.717) is 17.0 Å². The molecular formula is C14H19ClN2O4. The molecule has 1 rings (SSSR count). The van der Waals surface area contributed by atoms with Crippen LogP contribution in [-0.4, -0.2) is 34.8 Å². The van der Waals surface area contributed by atoms with Gasteiger partial charge in [0.05, 0.1) is 6.04 Å². The summed E-state index contributed by atoms with van der Waals surface area (Å²) >= 11 is 6.16. The predicted molar refractivity (Wildman–Crippen MR) is 79.3 cm³/mol. The van der Waals surface area contributed by atoms with Crippen LogP contribution in [0.3, 0.4) is 0 Å². The van der Waals surface area contributed by atoms with Crippen molar-refractivity contribution in [1.82, 2.24) is 4.90 Å². The normalized spacial score (nSPS) is 13.3. The lowest BCUT2D eigenvalue weighted by atomic mass is 10.00. The highest BCUT2D eigenvalue weighted by molar-refractivity contribution is 6.31. The zero-order valence-corrected chi connectivity index (χ0v) is 12.7. The molecule has 2 amide bonds. The minimum Gasteiger partial charge on any atom is -0.465 e. The van der Waals surface area contributed by atoms with Crippen molar-refractivity contribution in [2.75, 3.05) is 6.54 Å². The second-order valence-corrected chi connectivity index (χ2v) is 4.99. The molecule has 0 aliphatic rings. The van der Waals surface area contributed by atoms with Gasteiger partial charge in [-0.2, -0.15) is 0 Å². The van der Waals surface area contributed by atoms with Gasteiger partial charge in [0.1, 0.15) is 6.10 Å². The fourth-order valence-electron chi connectivity index (χ4n) is 2.23. The Kier molecular flexibility index (Phi) is 6.30. The van der Waals surface area contributed by atoms with E-state index < -0.39 is 24.3 Å². The molecule has 0 bridgehead atoms. The van der Waals surface area contributed by atoms with E-state index in [4.69, 9.17) is 22.1 Å². The number of carboxylic acid groups (broad SMARTS) is 1. The number of carbonyl (C=O) groups is 2. The number of carbonyl (C=O) groups excluding carboxylic acids is 1. The predicted octanol–water partition coefficient (Wildman–Crippen LogP) is 3.25. The largest absolute Gasteiger partial charge is 0.465 e. The lowest BCUT2D eigenvalue weighted by Crippen LogP contribution is -2.42. The first-order chi connectivity index (χ1) is 9.88. The molecule has 0 fully saturated rings. The van der Waals surface area contributed by atoms with Gasteiger partial charge in [0.15, 0.2) is 0 Å². The van der Waals surface area contributed by atoms with E-state index in [0.717, 1.165) is 0 Å². The Morgan fingerprint density at radius 1 is 1.43 bits per heavy atom. The van der Waals surface area contributed by atoms with Crippen LogP contribution in [0, 0.1) is 0 Å². The molecule has 3 N–H and O–H groups in total. The van der Waals surface area contributed by atoms with Gasteiger partial charge < -0.3 is 15.6 Å². The molecule has 0 saturated carbocycles. The van der Waals surface area contributed by atoms with Crippen LogP contribution in [0.2, 0.25) is 5.02 Å². The van der Waals surface area contributed by atoms with Crippen LogP contribution in [0.1, 0.15) is 31.9 Å². The average molecular weight is 315 g/mol. The smallest absolute Gasteiger partial charge is 0.407 e. The molecule has 0 spiro atoms. The number of ether oxygens (including phenoxy) is 1. The number of nitrogens with zero attached hydrogens (tertiary/aromatic N) is 1. The third-order valence-electron chi connectivity index (χ3n) is 3.02. The van der Waals surface area contributed by atoms with E-state index >= 15 is 0 Å². The third-order valence-corrected chi connectivity index (χ3v) is 3.36. The van der Waals surface area contributed by atoms with Gasteiger partial charge in [0, 0.05) is 11.6 Å². The first kappa shape index (κ1) is 17.1. The van der Waals surface area contributed by atoms with Crippen LogP contribution >= 0.6 is 11.6 Å². The molecule has 1 aromatic rings. The first-order valence-electron chi connectivity index (χ1n) is 6.58. The molecule has 7 heteroatoms. The Labute approximate surface area is 128 Å². The van der Waals surface area contributed by atoms with Crippen LogP contribution in [0.15, 0.2) is 24.3 Å². The van der Waals surface area contributed by atoms with Crippen LogP contribution in [0.4, 0.5) is 9.59 Å². The summed E-state index contributed by atoms with van der Waals surface area (Å²) in [6.07, 6.45) is -2.20. The Morgan fingerprint density at radius 3 is 2.52 bits per heavy atom. The quantitative estimate of drug-likeness (QED) is 0.842. The molecule has 2 atom stereocenters. The molecule has 6 nitrogen and oxygen atoms in total. The fraction of sp³-hybridized carbons (Fsp3) is 0.429. The lowest BCUT2D eigenvalue weighted by molar-refractivity contribution is 0.0404. The summed E-state index contributed by atoms with van der Waals surface area (Å²) in [5.74, 6) is 0. The van der Waals surface area contributed by atoms with E-state index in [1.165, 1.54) is 4.90 Å². The third kappa shape index (κ3) is 4.53. The molecule has 0 heterocycles. The summed E-state index contributed by atoms with van der Waals surface area (Å²) < 4.78 is 4.97. The van der Waals surface area contributed by atoms with Crippen molar-refractivity contribution in [2.45, 2.75) is 32.4 Å². The maximum atomic E-state index is 11.5. The van der Waals surface area contributed by atoms with E-state index in [2.05, 4.69) is 0 Å². The summed E-state index contributed by atoms with van der Waals surface area (Å²) in [4.78, 5) is 23.7. The van der Waals surface area contributed by atoms with Gasteiger partial charge in [0.25, 0.3) is 0 Å². The molecule has 0 aliphatic carbocycles. The van der Waals surface area contributed by atoms with Crippen molar-refractivity contribution in [3.63, 3.8) is 0 Å². The molecule has 2 unspecified atom stereocenters. The fourth-order valence-corrected chi connectivity index (χ4v) is 2.48. The van der Waals surface area contributed by atoms with E-state index in [1.54, 1.807) is 31.2 Å². The molecular weight excluding hydrogens is 296 g/mol. The standard InChI is InChI=1S/C14H19ClN2O4/c1-3-8-17(14(19)20)12(9(2)21-13(16)18)10-6-4-5-7-11(10)15/h4-7,9,12H,3,8H2,1-2H3,(H2,16,18)(H,19,20). The first-order valence-corrected chi connectivity index (χ1v) is 6.96. The van der Waals surface area contributed by atoms with Gasteiger partial charge in [-0.1, -0.05) is 36.7 Å². The highest BCUT2D eigenvalue weighted by atomic mass is 35.5. The molecule has 0 saturated heterocycles. The van der Waals surface area contributed by atoms with E-state index in [1.807, 2.05) is 6.92 Å². The second-order valence-electron chi connectivity index (χ2n) is 4.58. The Bertz CT molecular complexity index is 510. The molecule has 1 aromatic carbocycles. The van der Waals surface area contributed by atoms with Gasteiger partial charge in [0.2, 0.25) is 0 Å². The Balaban J connectivity index is 3.24. The second kappa shape index (κ2) is 7.73. The van der Waals surface area contributed by atoms with Crippen molar-refractivity contribution in [2.24, 2.45) is 5.73 Å². The number of amides is 2. The van der Waals surface area contributed by atoms with Crippen molar-refractivity contribution >= 4 is 23.8 Å². The van der Waals surface area contributed by atoms with Crippen LogP contribution in [0.25, 0.3) is 0 Å². The summed E-state index contributed by atoms with van der Waals surface area (Å²) in [6.45, 7) is 3.74. The van der Waals surface area contributed by atoms with Crippen molar-refractivity contribution in [1.29, 1.82) is 0 Å². The maximum absolute atomic E-state index is 11.5. The molecule has 0 aliphatic heterocycles. The Hall–Kier alpha value is -1.95. The zero-order chi connectivity index (χ0) is 16.0. The molecule has 21 heavy (non-hydrogen) atoms. The molecule has 0 radical (unpaired) electrons. The van der Waals surface area contributed by atoms with Crippen molar-refractivity contribution < 1.29 is 19.4 Å². The SMILES string of the molecule is CCCN(C(=O)O)C(c1ccccc1Cl)C(C)OC(N)=O. The zero-order valence-electron chi connectivity index (χ0n) is 12.0. The maximum Gasteiger partial charge on any atom is 0.407 e. The monoisotopic (exact) mass is 314 g/mol. The van der Waals surface area contributed by atoms with Gasteiger partial charge in [-0.25, -0.2) is 9.59 Å². The van der Waals surface area contributed by atoms with Crippen LogP contribution < -0.4 is 5.73 Å². The summed E-state index contributed by atoms with van der Waals surface area (Å²) in [5.41, 5.74) is 5.61. The number of hydrogen-bond donors (Lipinski definition) is 2. The molecule has 0 aromatic heterocycles. The minimum atomic E-state index is -1.11. The topological polar surface area (TPSA) is 92.9 Å². The highest BCUT2D eigenvalue weighted by Crippen LogP contribution is 2.32. The van der Waals surface area contributed by atoms with E-state index in [-0.39, 0.29) is 6.54 Å². The van der Waals surface area contributed by atoms with Gasteiger partial charge in [-0.15, -0.1) is 0 Å². The number of primary amides is 1. The highest BCUT2D eigenvalue weighted by Gasteiger charge is 2.32. The Morgan fingerprint density at radius 2 is 2.05 bits per heavy atom. The minimum absolute atomic E-state index is 0.289. The van der Waals surface area contributed by atoms with Gasteiger partial charge in [-0.05, 0) is 25.0 Å². The number of nitrogens with two attached hydrogens (primary N) is 1. The van der Waals surface area contributed by atoms with Gasteiger partial charge >= 0.3 is 12.2 Å².